The van der Waals surface area contributed by atoms with E-state index in [1.165, 1.54) is 5.75 Å². The normalized spacial score (nSPS) is 37.3. The van der Waals surface area contributed by atoms with Crippen LogP contribution in [0.15, 0.2) is 0 Å². The van der Waals surface area contributed by atoms with Crippen molar-refractivity contribution in [1.29, 1.82) is 0 Å². The van der Waals surface area contributed by atoms with Crippen LogP contribution < -0.4 is 4.72 Å². The average molecular weight is 353 g/mol. The Kier molecular flexibility index (Phi) is 4.84. The van der Waals surface area contributed by atoms with Crippen molar-refractivity contribution in [3.63, 3.8) is 0 Å². The summed E-state index contributed by atoms with van der Waals surface area (Å²) in [5, 5.41) is 1.06. The molecule has 2 aliphatic heterocycles. The van der Waals surface area contributed by atoms with Crippen LogP contribution in [0, 0.1) is 0 Å². The molecule has 122 valence electrons. The molecule has 0 amide bonds. The van der Waals surface area contributed by atoms with Gasteiger partial charge in [-0.15, -0.1) is 0 Å². The van der Waals surface area contributed by atoms with Crippen LogP contribution >= 0.6 is 23.5 Å². The second kappa shape index (κ2) is 6.20. The Labute approximate surface area is 136 Å². The zero-order chi connectivity index (χ0) is 15.1. The maximum Gasteiger partial charge on any atom is 0.279 e. The largest absolute Gasteiger partial charge is 0.373 e. The van der Waals surface area contributed by atoms with E-state index >= 15 is 0 Å². The van der Waals surface area contributed by atoms with Crippen molar-refractivity contribution in [1.82, 2.24) is 9.03 Å². The minimum absolute atomic E-state index is 0.0868. The van der Waals surface area contributed by atoms with Crippen molar-refractivity contribution in [3.8, 4) is 0 Å². The first-order chi connectivity index (χ1) is 9.87. The third-order valence-corrected chi connectivity index (χ3v) is 9.18. The van der Waals surface area contributed by atoms with Crippen LogP contribution in [0.3, 0.4) is 0 Å². The van der Waals surface area contributed by atoms with Crippen LogP contribution in [-0.4, -0.2) is 66.1 Å². The van der Waals surface area contributed by atoms with Crippen LogP contribution in [0.1, 0.15) is 26.7 Å². The lowest BCUT2D eigenvalue weighted by molar-refractivity contribution is -0.0643. The summed E-state index contributed by atoms with van der Waals surface area (Å²) in [6.45, 7) is 5.21. The zero-order valence-electron chi connectivity index (χ0n) is 12.6. The highest BCUT2D eigenvalue weighted by molar-refractivity contribution is 8.07. The van der Waals surface area contributed by atoms with Gasteiger partial charge < -0.3 is 4.74 Å². The van der Waals surface area contributed by atoms with Crippen molar-refractivity contribution < 1.29 is 13.2 Å². The second-order valence-corrected chi connectivity index (χ2v) is 10.8. The monoisotopic (exact) mass is 352 g/mol. The first-order valence-corrected chi connectivity index (χ1v) is 11.1. The highest BCUT2D eigenvalue weighted by Crippen LogP contribution is 2.42. The van der Waals surface area contributed by atoms with Crippen molar-refractivity contribution in [2.75, 3.05) is 31.2 Å². The van der Waals surface area contributed by atoms with E-state index in [0.29, 0.717) is 30.2 Å². The molecule has 2 saturated heterocycles. The molecule has 3 aliphatic rings. The number of ether oxygens (including phenoxy) is 1. The zero-order valence-corrected chi connectivity index (χ0v) is 15.0. The van der Waals surface area contributed by atoms with E-state index in [1.807, 2.05) is 37.4 Å². The Bertz CT molecular complexity index is 483. The van der Waals surface area contributed by atoms with Gasteiger partial charge in [0.05, 0.1) is 12.2 Å². The summed E-state index contributed by atoms with van der Waals surface area (Å²) in [7, 11) is -3.41. The van der Waals surface area contributed by atoms with Gasteiger partial charge in [0.2, 0.25) is 0 Å². The molecule has 21 heavy (non-hydrogen) atoms. The standard InChI is InChI=1S/C13H24N2O3S3/c1-13(2)9-15(5-6-18-13)21(16,17)14-10-3-4-11-12(10)20-8-7-19-11/h10-12,14H,3-9H2,1-2H3. The molecule has 0 bridgehead atoms. The Hall–Kier alpha value is 0.530. The van der Waals surface area contributed by atoms with Gasteiger partial charge in [-0.25, -0.2) is 0 Å². The van der Waals surface area contributed by atoms with Gasteiger partial charge in [-0.05, 0) is 26.7 Å². The lowest BCUT2D eigenvalue weighted by Gasteiger charge is -2.38. The summed E-state index contributed by atoms with van der Waals surface area (Å²) < 4.78 is 35.4. The van der Waals surface area contributed by atoms with Gasteiger partial charge in [-0.1, -0.05) is 0 Å². The molecular weight excluding hydrogens is 328 g/mol. The molecule has 1 saturated carbocycles. The first-order valence-electron chi connectivity index (χ1n) is 7.52. The highest BCUT2D eigenvalue weighted by atomic mass is 32.2. The highest BCUT2D eigenvalue weighted by Gasteiger charge is 2.42. The molecule has 3 fully saturated rings. The van der Waals surface area contributed by atoms with Gasteiger partial charge in [0.25, 0.3) is 10.2 Å². The molecule has 3 rings (SSSR count). The molecule has 1 aliphatic carbocycles. The maximum atomic E-state index is 12.6. The number of hydrogen-bond acceptors (Lipinski definition) is 5. The molecule has 0 aromatic heterocycles. The van der Waals surface area contributed by atoms with E-state index in [0.717, 1.165) is 18.6 Å². The van der Waals surface area contributed by atoms with Crippen molar-refractivity contribution >= 4 is 33.7 Å². The van der Waals surface area contributed by atoms with Gasteiger partial charge in [0.1, 0.15) is 0 Å². The van der Waals surface area contributed by atoms with Crippen molar-refractivity contribution in [2.24, 2.45) is 0 Å². The molecule has 0 spiro atoms. The minimum atomic E-state index is -3.41. The SMILES string of the molecule is CC1(C)CN(S(=O)(=O)NC2CCC3SCCSC23)CCO1. The molecule has 0 radical (unpaired) electrons. The van der Waals surface area contributed by atoms with E-state index in [1.54, 1.807) is 4.31 Å². The van der Waals surface area contributed by atoms with E-state index in [2.05, 4.69) is 4.72 Å². The molecular formula is C13H24N2O3S3. The van der Waals surface area contributed by atoms with E-state index in [4.69, 9.17) is 4.74 Å². The minimum Gasteiger partial charge on any atom is -0.373 e. The summed E-state index contributed by atoms with van der Waals surface area (Å²) >= 11 is 3.95. The number of hydrogen-bond donors (Lipinski definition) is 1. The molecule has 8 heteroatoms. The summed E-state index contributed by atoms with van der Waals surface area (Å²) in [5.41, 5.74) is -0.402. The third-order valence-electron chi connectivity index (χ3n) is 4.28. The fourth-order valence-electron chi connectivity index (χ4n) is 3.29. The molecule has 3 atom stereocenters. The number of thioether (sulfide) groups is 2. The van der Waals surface area contributed by atoms with Gasteiger partial charge in [0.15, 0.2) is 0 Å². The molecule has 0 aromatic carbocycles. The van der Waals surface area contributed by atoms with Crippen LogP contribution in [0.2, 0.25) is 0 Å². The Morgan fingerprint density at radius 3 is 2.76 bits per heavy atom. The first kappa shape index (κ1) is 16.4. The van der Waals surface area contributed by atoms with Gasteiger partial charge in [-0.3, -0.25) is 0 Å². The van der Waals surface area contributed by atoms with Crippen LogP contribution in [-0.2, 0) is 14.9 Å². The van der Waals surface area contributed by atoms with Gasteiger partial charge >= 0.3 is 0 Å². The van der Waals surface area contributed by atoms with E-state index in [-0.39, 0.29) is 6.04 Å². The third kappa shape index (κ3) is 3.72. The Balaban J connectivity index is 1.66. The topological polar surface area (TPSA) is 58.6 Å². The number of nitrogens with one attached hydrogen (secondary N) is 1. The van der Waals surface area contributed by atoms with E-state index in [9.17, 15) is 8.42 Å². The van der Waals surface area contributed by atoms with E-state index < -0.39 is 15.8 Å². The van der Waals surface area contributed by atoms with Crippen molar-refractivity contribution in [3.05, 3.63) is 0 Å². The molecule has 1 N–H and O–H groups in total. The summed E-state index contributed by atoms with van der Waals surface area (Å²) in [4.78, 5) is 0. The van der Waals surface area contributed by atoms with Crippen LogP contribution in [0.25, 0.3) is 0 Å². The van der Waals surface area contributed by atoms with Crippen molar-refractivity contribution in [2.45, 2.75) is 48.8 Å². The van der Waals surface area contributed by atoms with Crippen LogP contribution in [0.4, 0.5) is 0 Å². The second-order valence-electron chi connectivity index (χ2n) is 6.49. The Morgan fingerprint density at radius 2 is 2.00 bits per heavy atom. The number of nitrogens with zero attached hydrogens (tertiary/aromatic N) is 1. The van der Waals surface area contributed by atoms with Gasteiger partial charge in [-0.2, -0.15) is 41.0 Å². The predicted octanol–water partition coefficient (Wildman–Crippen LogP) is 1.31. The van der Waals surface area contributed by atoms with Crippen LogP contribution in [0.5, 0.6) is 0 Å². The number of morpholine rings is 1. The van der Waals surface area contributed by atoms with Gasteiger partial charge in [0, 0.05) is 41.1 Å². The number of fused-ring (bicyclic) bond motifs is 1. The average Bonchev–Trinajstić information content (AvgIpc) is 2.81. The predicted molar refractivity (Wildman–Crippen MR) is 89.2 cm³/mol. The fourth-order valence-corrected chi connectivity index (χ4v) is 8.25. The fraction of sp³-hybridized carbons (Fsp3) is 1.00. The molecule has 0 aromatic rings. The Morgan fingerprint density at radius 1 is 1.24 bits per heavy atom. The lowest BCUT2D eigenvalue weighted by Crippen LogP contribution is -2.56. The summed E-state index contributed by atoms with van der Waals surface area (Å²) in [6.07, 6.45) is 2.09. The number of rotatable bonds is 3. The lowest BCUT2D eigenvalue weighted by atomic mass is 10.1. The molecule has 5 nitrogen and oxygen atoms in total. The maximum absolute atomic E-state index is 12.6. The molecule has 3 unspecified atom stereocenters. The molecule has 2 heterocycles. The summed E-state index contributed by atoms with van der Waals surface area (Å²) in [6, 6.07) is 0.0868. The smallest absolute Gasteiger partial charge is 0.279 e. The summed E-state index contributed by atoms with van der Waals surface area (Å²) in [5.74, 6) is 2.33. The quantitative estimate of drug-likeness (QED) is 0.830.